The molecule has 0 aromatic heterocycles. The molecule has 1 aliphatic rings. The number of amidine groups is 1. The van der Waals surface area contributed by atoms with E-state index in [4.69, 9.17) is 5.41 Å². The van der Waals surface area contributed by atoms with Crippen molar-refractivity contribution in [1.29, 1.82) is 5.41 Å². The molecule has 0 spiro atoms. The molecule has 0 atom stereocenters. The summed E-state index contributed by atoms with van der Waals surface area (Å²) < 4.78 is 17.4. The lowest BCUT2D eigenvalue weighted by Gasteiger charge is -2.36. The summed E-state index contributed by atoms with van der Waals surface area (Å²) in [5.41, 5.74) is 2.07. The Hall–Kier alpha value is -2.02. The number of hydrogen-bond acceptors (Lipinski definition) is 4. The minimum atomic E-state index is -0.403. The fraction of sp³-hybridized carbons (Fsp3) is 0.545. The van der Waals surface area contributed by atoms with Crippen LogP contribution in [0, 0.1) is 11.2 Å². The molecule has 7 heteroatoms. The zero-order valence-corrected chi connectivity index (χ0v) is 18.6. The average Bonchev–Trinajstić information content (AvgIpc) is 2.75. The van der Waals surface area contributed by atoms with Crippen molar-refractivity contribution in [2.24, 2.45) is 0 Å². The summed E-state index contributed by atoms with van der Waals surface area (Å²) in [6, 6.07) is 4.64. The predicted molar refractivity (Wildman–Crippen MR) is 121 cm³/mol. The molecular weight excluding hydrogens is 387 g/mol. The largest absolute Gasteiger partial charge is 0.357 e. The number of hydrogen-bond donors (Lipinski definition) is 2. The van der Waals surface area contributed by atoms with Crippen molar-refractivity contribution in [2.75, 3.05) is 36.7 Å². The Kier molecular flexibility index (Phi) is 9.51. The molecule has 1 saturated heterocycles. The third-order valence-electron chi connectivity index (χ3n) is 5.20. The maximum absolute atomic E-state index is 14.3. The van der Waals surface area contributed by atoms with Gasteiger partial charge in [0, 0.05) is 43.9 Å². The third kappa shape index (κ3) is 7.07. The summed E-state index contributed by atoms with van der Waals surface area (Å²) in [5.74, 6) is 0.995. The van der Waals surface area contributed by atoms with Crippen molar-refractivity contribution in [3.8, 4) is 0 Å². The molecule has 29 heavy (non-hydrogen) atoms. The molecule has 0 radical (unpaired) electrons. The second-order valence-corrected chi connectivity index (χ2v) is 8.26. The van der Waals surface area contributed by atoms with E-state index in [1.54, 1.807) is 17.0 Å². The molecular formula is C22H33FN4OS. The Balaban J connectivity index is 1.85. The molecule has 160 valence electrons. The van der Waals surface area contributed by atoms with E-state index in [0.29, 0.717) is 43.3 Å². The summed E-state index contributed by atoms with van der Waals surface area (Å²) in [5, 5.41) is 8.26. The Morgan fingerprint density at radius 3 is 2.55 bits per heavy atom. The molecule has 1 fully saturated rings. The topological polar surface area (TPSA) is 59.4 Å². The highest BCUT2D eigenvalue weighted by atomic mass is 32.2. The molecule has 1 aromatic rings. The Labute approximate surface area is 178 Å². The van der Waals surface area contributed by atoms with Crippen LogP contribution in [0.25, 0.3) is 0 Å². The lowest BCUT2D eigenvalue weighted by Crippen LogP contribution is -2.50. The molecule has 2 rings (SSSR count). The molecule has 0 saturated carbocycles. The summed E-state index contributed by atoms with van der Waals surface area (Å²) in [6.45, 7) is 8.62. The van der Waals surface area contributed by atoms with Gasteiger partial charge in [0.25, 0.3) is 5.91 Å². The van der Waals surface area contributed by atoms with E-state index in [1.807, 2.05) is 11.8 Å². The van der Waals surface area contributed by atoms with E-state index in [2.05, 4.69) is 24.6 Å². The Morgan fingerprint density at radius 1 is 1.24 bits per heavy atom. The smallest absolute Gasteiger partial charge is 0.254 e. The number of piperazine rings is 1. The van der Waals surface area contributed by atoms with Gasteiger partial charge in [-0.05, 0) is 44.9 Å². The van der Waals surface area contributed by atoms with Crippen LogP contribution < -0.4 is 4.72 Å². The van der Waals surface area contributed by atoms with E-state index < -0.39 is 5.82 Å². The zero-order valence-electron chi connectivity index (χ0n) is 17.8. The fourth-order valence-electron chi connectivity index (χ4n) is 3.06. The first kappa shape index (κ1) is 23.3. The van der Waals surface area contributed by atoms with Gasteiger partial charge in [-0.3, -0.25) is 10.2 Å². The first-order chi connectivity index (χ1) is 14.0. The van der Waals surface area contributed by atoms with Gasteiger partial charge in [0.05, 0.1) is 11.5 Å². The fourth-order valence-corrected chi connectivity index (χ4v) is 3.91. The number of allylic oxidation sites excluding steroid dienone is 2. The van der Waals surface area contributed by atoms with Crippen molar-refractivity contribution >= 4 is 29.4 Å². The predicted octanol–water partition coefficient (Wildman–Crippen LogP) is 5.17. The Bertz CT molecular complexity index is 730. The van der Waals surface area contributed by atoms with E-state index >= 15 is 0 Å². The first-order valence-corrected chi connectivity index (χ1v) is 11.4. The van der Waals surface area contributed by atoms with Gasteiger partial charge in [-0.2, -0.15) is 0 Å². The van der Waals surface area contributed by atoms with Gasteiger partial charge in [0.2, 0.25) is 0 Å². The van der Waals surface area contributed by atoms with Gasteiger partial charge in [0.15, 0.2) is 0 Å². The highest BCUT2D eigenvalue weighted by molar-refractivity contribution is 8.00. The number of carbonyl (C=O) groups excluding carboxylic acids is 1. The van der Waals surface area contributed by atoms with Gasteiger partial charge >= 0.3 is 0 Å². The second-order valence-electron chi connectivity index (χ2n) is 7.36. The van der Waals surface area contributed by atoms with Crippen LogP contribution in [0.15, 0.2) is 29.8 Å². The zero-order chi connectivity index (χ0) is 21.2. The highest BCUT2D eigenvalue weighted by Crippen LogP contribution is 2.21. The van der Waals surface area contributed by atoms with Gasteiger partial charge in [0.1, 0.15) is 5.82 Å². The number of rotatable bonds is 9. The summed E-state index contributed by atoms with van der Waals surface area (Å²) in [7, 11) is 0. The highest BCUT2D eigenvalue weighted by Gasteiger charge is 2.24. The van der Waals surface area contributed by atoms with Gasteiger partial charge < -0.3 is 14.5 Å². The Morgan fingerprint density at radius 2 is 1.93 bits per heavy atom. The number of nitrogens with zero attached hydrogens (tertiary/aromatic N) is 2. The van der Waals surface area contributed by atoms with Crippen LogP contribution in [0.2, 0.25) is 0 Å². The second kappa shape index (κ2) is 11.9. The van der Waals surface area contributed by atoms with E-state index in [9.17, 15) is 9.18 Å². The number of carbonyl (C=O) groups is 1. The molecule has 0 aliphatic carbocycles. The number of halogens is 1. The first-order valence-electron chi connectivity index (χ1n) is 10.4. The standard InChI is InChI=1S/C22H33FN4OS/c1-4-6-15-29-25-20-9-8-18(16-19(20)23)22(28)27-13-11-26(12-14-27)21(24)10-7-17(3)5-2/h5,8-9,16,24-25H,4,6-7,10-15H2,1-3H3/b17-5-,24-21?. The van der Waals surface area contributed by atoms with E-state index in [-0.39, 0.29) is 5.91 Å². The van der Waals surface area contributed by atoms with Crippen molar-refractivity contribution in [1.82, 2.24) is 9.80 Å². The molecule has 1 aliphatic heterocycles. The van der Waals surface area contributed by atoms with Crippen LogP contribution in [-0.4, -0.2) is 53.5 Å². The minimum absolute atomic E-state index is 0.148. The van der Waals surface area contributed by atoms with Crippen molar-refractivity contribution < 1.29 is 9.18 Å². The summed E-state index contributed by atoms with van der Waals surface area (Å²) in [4.78, 5) is 16.5. The quantitative estimate of drug-likeness (QED) is 0.190. The van der Waals surface area contributed by atoms with Gasteiger partial charge in [-0.25, -0.2) is 4.39 Å². The van der Waals surface area contributed by atoms with Crippen LogP contribution in [0.5, 0.6) is 0 Å². The lowest BCUT2D eigenvalue weighted by atomic mass is 10.1. The van der Waals surface area contributed by atoms with Crippen molar-refractivity contribution in [3.05, 3.63) is 41.2 Å². The van der Waals surface area contributed by atoms with Gasteiger partial charge in [-0.15, -0.1) is 0 Å². The molecule has 2 N–H and O–H groups in total. The lowest BCUT2D eigenvalue weighted by molar-refractivity contribution is 0.0689. The molecule has 5 nitrogen and oxygen atoms in total. The monoisotopic (exact) mass is 420 g/mol. The SMILES string of the molecule is C/C=C(/C)CCC(=N)N1CCN(C(=O)c2ccc(NSCCCC)c(F)c2)CC1. The maximum Gasteiger partial charge on any atom is 0.254 e. The normalized spacial score (nSPS) is 14.8. The number of unbranched alkanes of at least 4 members (excludes halogenated alkanes) is 1. The minimum Gasteiger partial charge on any atom is -0.357 e. The maximum atomic E-state index is 14.3. The van der Waals surface area contributed by atoms with Crippen molar-refractivity contribution in [3.63, 3.8) is 0 Å². The average molecular weight is 421 g/mol. The molecule has 1 aromatic carbocycles. The van der Waals surface area contributed by atoms with Crippen LogP contribution >= 0.6 is 11.9 Å². The van der Waals surface area contributed by atoms with E-state index in [0.717, 1.165) is 31.4 Å². The third-order valence-corrected chi connectivity index (χ3v) is 6.05. The van der Waals surface area contributed by atoms with Crippen molar-refractivity contribution in [2.45, 2.75) is 46.5 Å². The van der Waals surface area contributed by atoms with Crippen LogP contribution in [0.4, 0.5) is 10.1 Å². The van der Waals surface area contributed by atoms with Crippen LogP contribution in [0.3, 0.4) is 0 Å². The van der Waals surface area contributed by atoms with Crippen LogP contribution in [0.1, 0.15) is 56.8 Å². The number of nitrogens with one attached hydrogen (secondary N) is 2. The van der Waals surface area contributed by atoms with E-state index in [1.165, 1.54) is 23.6 Å². The molecule has 0 bridgehead atoms. The number of amides is 1. The summed E-state index contributed by atoms with van der Waals surface area (Å²) >= 11 is 1.48. The summed E-state index contributed by atoms with van der Waals surface area (Å²) in [6.07, 6.45) is 5.87. The molecule has 1 amide bonds. The van der Waals surface area contributed by atoms with Crippen LogP contribution in [-0.2, 0) is 0 Å². The van der Waals surface area contributed by atoms with Gasteiger partial charge in [-0.1, -0.05) is 36.9 Å². The number of benzene rings is 1. The number of anilines is 1. The molecule has 1 heterocycles. The molecule has 0 unspecified atom stereocenters.